The Labute approximate surface area is 79.3 Å². The minimum Gasteiger partial charge on any atom is -0.369 e. The number of aromatic amines is 1. The number of anilines is 1. The molecule has 72 valence electrons. The second-order valence-electron chi connectivity index (χ2n) is 3.52. The van der Waals surface area contributed by atoms with Gasteiger partial charge in [-0.25, -0.2) is 4.98 Å². The van der Waals surface area contributed by atoms with Gasteiger partial charge in [-0.3, -0.25) is 9.98 Å². The summed E-state index contributed by atoms with van der Waals surface area (Å²) in [6, 6.07) is 0.364. The fraction of sp³-hybridized carbons (Fsp3) is 0.375. The molecule has 0 spiro atoms. The molecule has 2 aromatic rings. The number of fused-ring (bicyclic) bond motifs is 1. The van der Waals surface area contributed by atoms with Crippen LogP contribution in [-0.4, -0.2) is 19.5 Å². The molecular weight excluding hydrogens is 180 g/mol. The fourth-order valence-electron chi connectivity index (χ4n) is 1.65. The molecule has 6 nitrogen and oxygen atoms in total. The maximum Gasteiger partial charge on any atom is 0.204 e. The van der Waals surface area contributed by atoms with Crippen LogP contribution in [0.5, 0.6) is 0 Å². The number of nitrogens with zero attached hydrogens (tertiary/aromatic N) is 3. The third kappa shape index (κ3) is 0.876. The minimum atomic E-state index is 0.364. The van der Waals surface area contributed by atoms with E-state index >= 15 is 0 Å². The summed E-state index contributed by atoms with van der Waals surface area (Å²) in [5.74, 6) is 0.386. The summed E-state index contributed by atoms with van der Waals surface area (Å²) in [5, 5.41) is 7.94. The number of hydrogen-bond acceptors (Lipinski definition) is 4. The number of nitrogens with one attached hydrogen (secondary N) is 2. The summed E-state index contributed by atoms with van der Waals surface area (Å²) < 4.78 is 1.76. The van der Waals surface area contributed by atoms with Crippen LogP contribution in [0.25, 0.3) is 11.2 Å². The molecular formula is C8H10N6. The molecule has 0 aromatic carbocycles. The lowest BCUT2D eigenvalue weighted by atomic mass is 10.5. The van der Waals surface area contributed by atoms with Gasteiger partial charge in [-0.2, -0.15) is 4.98 Å². The Hall–Kier alpha value is -1.85. The van der Waals surface area contributed by atoms with E-state index in [1.165, 1.54) is 6.33 Å². The number of nitrogen functional groups attached to an aromatic ring is 1. The highest BCUT2D eigenvalue weighted by Gasteiger charge is 2.26. The molecule has 0 amide bonds. The van der Waals surface area contributed by atoms with Gasteiger partial charge in [0.25, 0.3) is 0 Å². The van der Waals surface area contributed by atoms with Crippen molar-refractivity contribution >= 4 is 17.1 Å². The number of hydrogen-bond donors (Lipinski definition) is 3. The van der Waals surface area contributed by atoms with Crippen molar-refractivity contribution in [1.29, 1.82) is 5.41 Å². The molecule has 0 saturated heterocycles. The highest BCUT2D eigenvalue weighted by molar-refractivity contribution is 5.69. The van der Waals surface area contributed by atoms with Crippen molar-refractivity contribution in [2.45, 2.75) is 18.9 Å². The van der Waals surface area contributed by atoms with Crippen molar-refractivity contribution in [3.05, 3.63) is 11.8 Å². The zero-order chi connectivity index (χ0) is 9.71. The van der Waals surface area contributed by atoms with Crippen LogP contribution in [0.1, 0.15) is 18.9 Å². The Morgan fingerprint density at radius 2 is 2.36 bits per heavy atom. The predicted molar refractivity (Wildman–Crippen MR) is 50.4 cm³/mol. The maximum atomic E-state index is 7.94. The third-order valence-electron chi connectivity index (χ3n) is 2.48. The monoisotopic (exact) mass is 190 g/mol. The van der Waals surface area contributed by atoms with Crippen LogP contribution >= 0.6 is 0 Å². The van der Waals surface area contributed by atoms with Gasteiger partial charge in [0.2, 0.25) is 5.95 Å². The van der Waals surface area contributed by atoms with E-state index in [1.54, 1.807) is 4.57 Å². The third-order valence-corrected chi connectivity index (χ3v) is 2.48. The van der Waals surface area contributed by atoms with Gasteiger partial charge in [0.15, 0.2) is 11.1 Å². The predicted octanol–water partition coefficient (Wildman–Crippen LogP) is 0.156. The molecule has 0 atom stereocenters. The summed E-state index contributed by atoms with van der Waals surface area (Å²) >= 11 is 0. The van der Waals surface area contributed by atoms with Crippen LogP contribution in [0.15, 0.2) is 6.33 Å². The van der Waals surface area contributed by atoms with Crippen LogP contribution in [0, 0.1) is 5.41 Å². The first kappa shape index (κ1) is 7.54. The lowest BCUT2D eigenvalue weighted by Gasteiger charge is -2.07. The van der Waals surface area contributed by atoms with Crippen molar-refractivity contribution in [3.8, 4) is 0 Å². The Morgan fingerprint density at radius 1 is 1.57 bits per heavy atom. The van der Waals surface area contributed by atoms with Crippen molar-refractivity contribution in [2.75, 3.05) is 5.73 Å². The van der Waals surface area contributed by atoms with E-state index in [9.17, 15) is 0 Å². The number of rotatable bonds is 1. The van der Waals surface area contributed by atoms with Gasteiger partial charge in [-0.05, 0) is 12.8 Å². The maximum absolute atomic E-state index is 7.94. The van der Waals surface area contributed by atoms with E-state index in [0.717, 1.165) is 12.8 Å². The van der Waals surface area contributed by atoms with Gasteiger partial charge in [-0.15, -0.1) is 0 Å². The lowest BCUT2D eigenvalue weighted by molar-refractivity contribution is 0.689. The molecule has 1 saturated carbocycles. The van der Waals surface area contributed by atoms with Gasteiger partial charge in [0.1, 0.15) is 5.52 Å². The van der Waals surface area contributed by atoms with Crippen molar-refractivity contribution < 1.29 is 0 Å². The molecule has 0 unspecified atom stereocenters. The topological polar surface area (TPSA) is 96.4 Å². The van der Waals surface area contributed by atoms with Crippen LogP contribution < -0.4 is 11.2 Å². The van der Waals surface area contributed by atoms with Crippen molar-refractivity contribution in [1.82, 2.24) is 19.5 Å². The number of aromatic nitrogens is 4. The Morgan fingerprint density at radius 3 is 3.07 bits per heavy atom. The first-order valence-corrected chi connectivity index (χ1v) is 4.53. The van der Waals surface area contributed by atoms with Crippen LogP contribution in [0.2, 0.25) is 0 Å². The first-order chi connectivity index (χ1) is 6.77. The number of nitrogens with two attached hydrogens (primary N) is 1. The quantitative estimate of drug-likeness (QED) is 0.597. The smallest absolute Gasteiger partial charge is 0.204 e. The van der Waals surface area contributed by atoms with Crippen molar-refractivity contribution in [2.24, 2.45) is 0 Å². The van der Waals surface area contributed by atoms with Crippen molar-refractivity contribution in [3.63, 3.8) is 0 Å². The molecule has 0 radical (unpaired) electrons. The molecule has 1 fully saturated rings. The van der Waals surface area contributed by atoms with Gasteiger partial charge in [0, 0.05) is 6.04 Å². The highest BCUT2D eigenvalue weighted by atomic mass is 15.2. The molecule has 2 heterocycles. The van der Waals surface area contributed by atoms with E-state index in [2.05, 4.69) is 15.0 Å². The summed E-state index contributed by atoms with van der Waals surface area (Å²) in [6.07, 6.45) is 3.70. The molecule has 2 aromatic heterocycles. The largest absolute Gasteiger partial charge is 0.369 e. The number of H-pyrrole nitrogens is 1. The van der Waals surface area contributed by atoms with Crippen LogP contribution in [0.4, 0.5) is 5.95 Å². The van der Waals surface area contributed by atoms with E-state index in [4.69, 9.17) is 11.1 Å². The Kier molecular flexibility index (Phi) is 1.26. The number of imidazole rings is 1. The summed E-state index contributed by atoms with van der Waals surface area (Å²) in [6.45, 7) is 0. The normalized spacial score (nSPS) is 16.3. The van der Waals surface area contributed by atoms with E-state index < -0.39 is 0 Å². The minimum absolute atomic E-state index is 0.364. The van der Waals surface area contributed by atoms with Gasteiger partial charge in [0.05, 0.1) is 6.33 Å². The Bertz CT molecular complexity index is 546. The Balaban J connectivity index is 2.42. The summed E-state index contributed by atoms with van der Waals surface area (Å²) in [5.41, 5.74) is 7.32. The fourth-order valence-corrected chi connectivity index (χ4v) is 1.65. The molecule has 0 bridgehead atoms. The molecule has 0 aliphatic heterocycles. The van der Waals surface area contributed by atoms with E-state index in [-0.39, 0.29) is 0 Å². The lowest BCUT2D eigenvalue weighted by Crippen LogP contribution is -2.23. The average Bonchev–Trinajstić information content (AvgIpc) is 2.84. The van der Waals surface area contributed by atoms with Crippen LogP contribution in [-0.2, 0) is 0 Å². The molecule has 1 aliphatic carbocycles. The van der Waals surface area contributed by atoms with Gasteiger partial charge < -0.3 is 10.7 Å². The first-order valence-electron chi connectivity index (χ1n) is 4.53. The zero-order valence-electron chi connectivity index (χ0n) is 7.49. The average molecular weight is 190 g/mol. The SMILES string of the molecule is N=c1c2[nH]cnc2nc(N)n1C1CC1. The van der Waals surface area contributed by atoms with Gasteiger partial charge in [-0.1, -0.05) is 0 Å². The van der Waals surface area contributed by atoms with Gasteiger partial charge >= 0.3 is 0 Å². The second-order valence-corrected chi connectivity index (χ2v) is 3.52. The highest BCUT2D eigenvalue weighted by Crippen LogP contribution is 2.34. The summed E-state index contributed by atoms with van der Waals surface area (Å²) in [4.78, 5) is 11.0. The zero-order valence-corrected chi connectivity index (χ0v) is 7.49. The second kappa shape index (κ2) is 2.34. The van der Waals surface area contributed by atoms with E-state index in [0.29, 0.717) is 28.6 Å². The van der Waals surface area contributed by atoms with Crippen LogP contribution in [0.3, 0.4) is 0 Å². The molecule has 1 aliphatic rings. The molecule has 14 heavy (non-hydrogen) atoms. The molecule has 6 heteroatoms. The standard InChI is InChI=1S/C8H10N6/c9-6-5-7(12-3-11-5)13-8(10)14(6)4-1-2-4/h3-4,9H,1-2H2,(H2,10,13)(H,11,12). The summed E-state index contributed by atoms with van der Waals surface area (Å²) in [7, 11) is 0. The molecule has 3 rings (SSSR count). The molecule has 4 N–H and O–H groups in total. The van der Waals surface area contributed by atoms with E-state index in [1.807, 2.05) is 0 Å².